The molecule has 0 atom stereocenters. The van der Waals surface area contributed by atoms with Crippen LogP contribution in [-0.4, -0.2) is 18.8 Å². The summed E-state index contributed by atoms with van der Waals surface area (Å²) in [5.41, 5.74) is 0.0888. The number of alkyl halides is 3. The Morgan fingerprint density at radius 3 is 2.74 bits per heavy atom. The number of halogens is 4. The monoisotopic (exact) mass is 335 g/mol. The van der Waals surface area contributed by atoms with E-state index in [1.807, 2.05) is 0 Å². The summed E-state index contributed by atoms with van der Waals surface area (Å²) in [7, 11) is 0. The second-order valence-electron chi connectivity index (χ2n) is 3.40. The number of nitrogens with one attached hydrogen (secondary N) is 1. The van der Waals surface area contributed by atoms with Crippen molar-refractivity contribution >= 4 is 21.8 Å². The largest absolute Gasteiger partial charge is 0.573 e. The van der Waals surface area contributed by atoms with Crippen LogP contribution in [0.25, 0.3) is 0 Å². The maximum atomic E-state index is 12.2. The van der Waals surface area contributed by atoms with Crippen molar-refractivity contribution in [3.63, 3.8) is 0 Å². The summed E-state index contributed by atoms with van der Waals surface area (Å²) < 4.78 is 40.9. The highest BCUT2D eigenvalue weighted by atomic mass is 79.9. The summed E-state index contributed by atoms with van der Waals surface area (Å²) in [6.45, 7) is 1.37. The second-order valence-corrected chi connectivity index (χ2v) is 4.32. The average molecular weight is 336 g/mol. The fourth-order valence-corrected chi connectivity index (χ4v) is 1.46. The van der Waals surface area contributed by atoms with Crippen molar-refractivity contribution in [2.24, 2.45) is 0 Å². The van der Waals surface area contributed by atoms with Crippen molar-refractivity contribution in [2.45, 2.75) is 13.3 Å². The van der Waals surface area contributed by atoms with E-state index in [-0.39, 0.29) is 18.0 Å². The van der Waals surface area contributed by atoms with Gasteiger partial charge in [0, 0.05) is 11.4 Å². The molecule has 0 spiro atoms. The lowest BCUT2D eigenvalue weighted by Crippen LogP contribution is -2.19. The summed E-state index contributed by atoms with van der Waals surface area (Å²) in [4.78, 5) is 10.6. The Morgan fingerprint density at radius 2 is 2.16 bits per heavy atom. The maximum Gasteiger partial charge on any atom is 0.573 e. The molecule has 0 bridgehead atoms. The summed E-state index contributed by atoms with van der Waals surface area (Å²) in [6.07, 6.45) is -4.78. The lowest BCUT2D eigenvalue weighted by molar-refractivity contribution is -0.274. The zero-order valence-electron chi connectivity index (χ0n) is 9.77. The van der Waals surface area contributed by atoms with Crippen LogP contribution in [0.15, 0.2) is 22.7 Å². The van der Waals surface area contributed by atoms with Crippen molar-refractivity contribution in [1.29, 1.82) is 0 Å². The van der Waals surface area contributed by atoms with Gasteiger partial charge in [-0.15, -0.1) is 13.2 Å². The molecule has 1 N–H and O–H groups in total. The van der Waals surface area contributed by atoms with E-state index < -0.39 is 12.1 Å². The quantitative estimate of drug-likeness (QED) is 0.844. The molecule has 0 radical (unpaired) electrons. The van der Waals surface area contributed by atoms with Gasteiger partial charge in [0.05, 0.1) is 12.1 Å². The first-order valence-corrected chi connectivity index (χ1v) is 5.86. The SMILES string of the molecule is CC(=O)NCC#Cc1ccc(Br)cc1OC(F)(F)F. The molecule has 0 aliphatic heterocycles. The molecule has 19 heavy (non-hydrogen) atoms. The van der Waals surface area contributed by atoms with Gasteiger partial charge in [0.2, 0.25) is 5.91 Å². The molecule has 0 unspecified atom stereocenters. The average Bonchev–Trinajstić information content (AvgIpc) is 2.24. The van der Waals surface area contributed by atoms with Gasteiger partial charge in [0.25, 0.3) is 0 Å². The lowest BCUT2D eigenvalue weighted by Gasteiger charge is -2.10. The summed E-state index contributed by atoms with van der Waals surface area (Å²) >= 11 is 3.05. The first-order valence-electron chi connectivity index (χ1n) is 5.06. The van der Waals surface area contributed by atoms with Crippen LogP contribution in [0.5, 0.6) is 5.75 Å². The van der Waals surface area contributed by atoms with Gasteiger partial charge in [0.15, 0.2) is 0 Å². The zero-order valence-corrected chi connectivity index (χ0v) is 11.4. The van der Waals surface area contributed by atoms with Crippen molar-refractivity contribution in [3.05, 3.63) is 28.2 Å². The van der Waals surface area contributed by atoms with Crippen LogP contribution < -0.4 is 10.1 Å². The molecule has 7 heteroatoms. The molecule has 0 fully saturated rings. The van der Waals surface area contributed by atoms with E-state index in [2.05, 4.69) is 37.8 Å². The van der Waals surface area contributed by atoms with E-state index in [1.165, 1.54) is 19.1 Å². The topological polar surface area (TPSA) is 38.3 Å². The molecular formula is C12H9BrF3NO2. The molecule has 0 heterocycles. The van der Waals surface area contributed by atoms with Gasteiger partial charge < -0.3 is 10.1 Å². The van der Waals surface area contributed by atoms with Crippen LogP contribution >= 0.6 is 15.9 Å². The number of carbonyl (C=O) groups is 1. The molecule has 1 aromatic carbocycles. The maximum absolute atomic E-state index is 12.2. The minimum Gasteiger partial charge on any atom is -0.404 e. The number of hydrogen-bond acceptors (Lipinski definition) is 2. The molecule has 3 nitrogen and oxygen atoms in total. The molecule has 0 saturated carbocycles. The summed E-state index contributed by atoms with van der Waals surface area (Å²) in [5.74, 6) is 4.38. The molecule has 0 aromatic heterocycles. The Hall–Kier alpha value is -1.68. The Morgan fingerprint density at radius 1 is 1.47 bits per heavy atom. The Bertz CT molecular complexity index is 532. The highest BCUT2D eigenvalue weighted by Crippen LogP contribution is 2.28. The fourth-order valence-electron chi connectivity index (χ4n) is 1.12. The highest BCUT2D eigenvalue weighted by Gasteiger charge is 2.32. The van der Waals surface area contributed by atoms with Gasteiger partial charge in [0.1, 0.15) is 5.75 Å². The number of benzene rings is 1. The molecule has 0 saturated heterocycles. The third-order valence-corrected chi connectivity index (χ3v) is 2.31. The van der Waals surface area contributed by atoms with Crippen molar-refractivity contribution < 1.29 is 22.7 Å². The number of carbonyl (C=O) groups excluding carboxylic acids is 1. The van der Waals surface area contributed by atoms with Gasteiger partial charge in [-0.25, -0.2) is 0 Å². The van der Waals surface area contributed by atoms with Crippen LogP contribution in [-0.2, 0) is 4.79 Å². The Labute approximate surface area is 116 Å². The summed E-state index contributed by atoms with van der Waals surface area (Å²) in [6, 6.07) is 4.12. The van der Waals surface area contributed by atoms with Gasteiger partial charge >= 0.3 is 6.36 Å². The van der Waals surface area contributed by atoms with Crippen LogP contribution in [0.3, 0.4) is 0 Å². The Balaban J connectivity index is 2.90. The molecule has 0 aliphatic rings. The molecule has 0 aliphatic carbocycles. The standard InChI is InChI=1S/C12H9BrF3NO2/c1-8(18)17-6-2-3-9-4-5-10(13)7-11(9)19-12(14,15)16/h4-5,7H,6H2,1H3,(H,17,18). The van der Waals surface area contributed by atoms with Crippen LogP contribution in [0.2, 0.25) is 0 Å². The van der Waals surface area contributed by atoms with Crippen molar-refractivity contribution in [3.8, 4) is 17.6 Å². The normalized spacial score (nSPS) is 10.4. The number of rotatable bonds is 2. The Kier molecular flexibility index (Phi) is 5.24. The van der Waals surface area contributed by atoms with E-state index in [0.717, 1.165) is 0 Å². The molecular weight excluding hydrogens is 327 g/mol. The van der Waals surface area contributed by atoms with Crippen LogP contribution in [0.1, 0.15) is 12.5 Å². The van der Waals surface area contributed by atoms with Crippen LogP contribution in [0, 0.1) is 11.8 Å². The predicted octanol–water partition coefficient (Wildman–Crippen LogP) is 2.84. The second kappa shape index (κ2) is 6.48. The highest BCUT2D eigenvalue weighted by molar-refractivity contribution is 9.10. The smallest absolute Gasteiger partial charge is 0.404 e. The first kappa shape index (κ1) is 15.4. The minimum atomic E-state index is -4.78. The third kappa shape index (κ3) is 6.15. The first-order chi connectivity index (χ1) is 8.78. The summed E-state index contributed by atoms with van der Waals surface area (Å²) in [5, 5.41) is 2.41. The minimum absolute atomic E-state index is 0.0524. The van der Waals surface area contributed by atoms with E-state index in [9.17, 15) is 18.0 Å². The molecule has 102 valence electrons. The third-order valence-electron chi connectivity index (χ3n) is 1.82. The molecule has 1 amide bonds. The number of ether oxygens (including phenoxy) is 1. The van der Waals surface area contributed by atoms with Gasteiger partial charge in [-0.05, 0) is 18.2 Å². The van der Waals surface area contributed by atoms with E-state index in [0.29, 0.717) is 4.47 Å². The molecule has 1 rings (SSSR count). The van der Waals surface area contributed by atoms with E-state index in [4.69, 9.17) is 0 Å². The fraction of sp³-hybridized carbons (Fsp3) is 0.250. The predicted molar refractivity (Wildman–Crippen MR) is 66.4 cm³/mol. The van der Waals surface area contributed by atoms with Gasteiger partial charge in [-0.2, -0.15) is 0 Å². The van der Waals surface area contributed by atoms with Crippen molar-refractivity contribution in [2.75, 3.05) is 6.54 Å². The number of amides is 1. The zero-order chi connectivity index (χ0) is 14.5. The van der Waals surface area contributed by atoms with Crippen molar-refractivity contribution in [1.82, 2.24) is 5.32 Å². The number of hydrogen-bond donors (Lipinski definition) is 1. The van der Waals surface area contributed by atoms with E-state index >= 15 is 0 Å². The van der Waals surface area contributed by atoms with Gasteiger partial charge in [-0.1, -0.05) is 27.8 Å². The van der Waals surface area contributed by atoms with Gasteiger partial charge in [-0.3, -0.25) is 4.79 Å². The van der Waals surface area contributed by atoms with E-state index in [1.54, 1.807) is 6.07 Å². The molecule has 1 aromatic rings. The lowest BCUT2D eigenvalue weighted by atomic mass is 10.2. The van der Waals surface area contributed by atoms with Crippen LogP contribution in [0.4, 0.5) is 13.2 Å².